The first kappa shape index (κ1) is 13.9. The second-order valence-electron chi connectivity index (χ2n) is 5.06. The molecule has 0 aromatic heterocycles. The van der Waals surface area contributed by atoms with Crippen LogP contribution in [0.4, 0.5) is 0 Å². The SMILES string of the molecule is CSc1ccc(CCN(C)C2CCNCC2)cc1. The van der Waals surface area contributed by atoms with Gasteiger partial charge in [-0.2, -0.15) is 0 Å². The Kier molecular flexibility index (Phi) is 5.54. The third kappa shape index (κ3) is 4.01. The second-order valence-corrected chi connectivity index (χ2v) is 5.94. The van der Waals surface area contributed by atoms with E-state index >= 15 is 0 Å². The number of rotatable bonds is 5. The highest BCUT2D eigenvalue weighted by Gasteiger charge is 2.16. The minimum atomic E-state index is 0.775. The summed E-state index contributed by atoms with van der Waals surface area (Å²) in [4.78, 5) is 3.88. The molecule has 0 atom stereocenters. The Bertz CT molecular complexity index is 344. The minimum Gasteiger partial charge on any atom is -0.317 e. The molecule has 0 radical (unpaired) electrons. The Balaban J connectivity index is 1.78. The summed E-state index contributed by atoms with van der Waals surface area (Å²) < 4.78 is 0. The molecule has 100 valence electrons. The normalized spacial score (nSPS) is 17.3. The third-order valence-electron chi connectivity index (χ3n) is 3.84. The lowest BCUT2D eigenvalue weighted by Crippen LogP contribution is -2.41. The van der Waals surface area contributed by atoms with Crippen molar-refractivity contribution >= 4 is 11.8 Å². The van der Waals surface area contributed by atoms with Crippen molar-refractivity contribution in [2.45, 2.75) is 30.2 Å². The Labute approximate surface area is 115 Å². The van der Waals surface area contributed by atoms with Crippen molar-refractivity contribution in [3.8, 4) is 0 Å². The molecule has 0 amide bonds. The third-order valence-corrected chi connectivity index (χ3v) is 4.59. The molecule has 0 aliphatic carbocycles. The molecule has 0 bridgehead atoms. The quantitative estimate of drug-likeness (QED) is 0.823. The molecule has 1 aliphatic heterocycles. The van der Waals surface area contributed by atoms with Crippen LogP contribution in [0.2, 0.25) is 0 Å². The van der Waals surface area contributed by atoms with Gasteiger partial charge in [-0.25, -0.2) is 0 Å². The first-order valence-corrected chi connectivity index (χ1v) is 8.06. The van der Waals surface area contributed by atoms with E-state index in [0.717, 1.165) is 12.5 Å². The summed E-state index contributed by atoms with van der Waals surface area (Å²) in [6.07, 6.45) is 5.87. The zero-order chi connectivity index (χ0) is 12.8. The van der Waals surface area contributed by atoms with Gasteiger partial charge in [-0.15, -0.1) is 11.8 Å². The van der Waals surface area contributed by atoms with E-state index in [4.69, 9.17) is 0 Å². The zero-order valence-electron chi connectivity index (χ0n) is 11.5. The van der Waals surface area contributed by atoms with Gasteiger partial charge in [-0.3, -0.25) is 0 Å². The van der Waals surface area contributed by atoms with Crippen molar-refractivity contribution in [2.24, 2.45) is 0 Å². The highest BCUT2D eigenvalue weighted by molar-refractivity contribution is 7.98. The monoisotopic (exact) mass is 264 g/mol. The lowest BCUT2D eigenvalue weighted by molar-refractivity contribution is 0.201. The van der Waals surface area contributed by atoms with Gasteiger partial charge in [0.2, 0.25) is 0 Å². The fraction of sp³-hybridized carbons (Fsp3) is 0.600. The molecule has 0 spiro atoms. The fourth-order valence-electron chi connectivity index (χ4n) is 2.53. The highest BCUT2D eigenvalue weighted by atomic mass is 32.2. The zero-order valence-corrected chi connectivity index (χ0v) is 12.3. The lowest BCUT2D eigenvalue weighted by Gasteiger charge is -2.31. The van der Waals surface area contributed by atoms with Gasteiger partial charge in [0, 0.05) is 17.5 Å². The van der Waals surface area contributed by atoms with Gasteiger partial charge in [0.1, 0.15) is 0 Å². The Morgan fingerprint density at radius 3 is 2.50 bits per heavy atom. The number of nitrogens with one attached hydrogen (secondary N) is 1. The Morgan fingerprint density at radius 2 is 1.89 bits per heavy atom. The number of hydrogen-bond acceptors (Lipinski definition) is 3. The number of piperidine rings is 1. The van der Waals surface area contributed by atoms with Crippen LogP contribution < -0.4 is 5.32 Å². The molecule has 1 aromatic carbocycles. The Morgan fingerprint density at radius 1 is 1.22 bits per heavy atom. The molecule has 2 rings (SSSR count). The van der Waals surface area contributed by atoms with Crippen LogP contribution in [0.15, 0.2) is 29.2 Å². The summed E-state index contributed by atoms with van der Waals surface area (Å²) in [5.74, 6) is 0. The molecule has 3 heteroatoms. The lowest BCUT2D eigenvalue weighted by atomic mass is 10.0. The van der Waals surface area contributed by atoms with E-state index in [1.54, 1.807) is 0 Å². The Hall–Kier alpha value is -0.510. The van der Waals surface area contributed by atoms with Crippen LogP contribution in [0.3, 0.4) is 0 Å². The molecular weight excluding hydrogens is 240 g/mol. The highest BCUT2D eigenvalue weighted by Crippen LogP contribution is 2.16. The van der Waals surface area contributed by atoms with Gasteiger partial charge < -0.3 is 10.2 Å². The fourth-order valence-corrected chi connectivity index (χ4v) is 2.94. The molecule has 1 saturated heterocycles. The van der Waals surface area contributed by atoms with Gasteiger partial charge >= 0.3 is 0 Å². The summed E-state index contributed by atoms with van der Waals surface area (Å²) in [5.41, 5.74) is 1.45. The molecule has 1 N–H and O–H groups in total. The second kappa shape index (κ2) is 7.17. The van der Waals surface area contributed by atoms with Crippen molar-refractivity contribution in [3.63, 3.8) is 0 Å². The number of benzene rings is 1. The predicted molar refractivity (Wildman–Crippen MR) is 80.4 cm³/mol. The molecule has 1 aromatic rings. The molecule has 0 unspecified atom stereocenters. The van der Waals surface area contributed by atoms with Crippen molar-refractivity contribution < 1.29 is 0 Å². The summed E-state index contributed by atoms with van der Waals surface area (Å²) in [6.45, 7) is 3.53. The molecule has 0 saturated carbocycles. The maximum atomic E-state index is 3.43. The van der Waals surface area contributed by atoms with Crippen LogP contribution in [0.25, 0.3) is 0 Å². The van der Waals surface area contributed by atoms with E-state index < -0.39 is 0 Å². The number of nitrogens with zero attached hydrogens (tertiary/aromatic N) is 1. The average Bonchev–Trinajstić information content (AvgIpc) is 2.46. The van der Waals surface area contributed by atoms with E-state index in [2.05, 4.69) is 47.8 Å². The summed E-state index contributed by atoms with van der Waals surface area (Å²) >= 11 is 1.81. The van der Waals surface area contributed by atoms with Crippen molar-refractivity contribution in [1.29, 1.82) is 0 Å². The molecular formula is C15H24N2S. The van der Waals surface area contributed by atoms with Crippen LogP contribution >= 0.6 is 11.8 Å². The van der Waals surface area contributed by atoms with Crippen LogP contribution in [-0.4, -0.2) is 43.9 Å². The first-order valence-electron chi connectivity index (χ1n) is 6.83. The van der Waals surface area contributed by atoms with E-state index in [1.165, 1.54) is 42.9 Å². The van der Waals surface area contributed by atoms with Gasteiger partial charge in [0.05, 0.1) is 0 Å². The molecule has 1 heterocycles. The van der Waals surface area contributed by atoms with Gasteiger partial charge in [0.25, 0.3) is 0 Å². The molecule has 2 nitrogen and oxygen atoms in total. The van der Waals surface area contributed by atoms with E-state index in [-0.39, 0.29) is 0 Å². The van der Waals surface area contributed by atoms with Crippen molar-refractivity contribution in [1.82, 2.24) is 10.2 Å². The molecule has 1 fully saturated rings. The van der Waals surface area contributed by atoms with Gasteiger partial charge in [0.15, 0.2) is 0 Å². The van der Waals surface area contributed by atoms with E-state index in [9.17, 15) is 0 Å². The number of likely N-dealkylation sites (N-methyl/N-ethyl adjacent to an activating group) is 1. The summed E-state index contributed by atoms with van der Waals surface area (Å²) in [6, 6.07) is 9.76. The maximum absolute atomic E-state index is 3.43. The smallest absolute Gasteiger partial charge is 0.0116 e. The average molecular weight is 264 g/mol. The standard InChI is InChI=1S/C15H24N2S/c1-17(14-7-10-16-11-8-14)12-9-13-3-5-15(18-2)6-4-13/h3-6,14,16H,7-12H2,1-2H3. The van der Waals surface area contributed by atoms with Crippen LogP contribution in [-0.2, 0) is 6.42 Å². The minimum absolute atomic E-state index is 0.775. The van der Waals surface area contributed by atoms with Gasteiger partial charge in [-0.1, -0.05) is 12.1 Å². The van der Waals surface area contributed by atoms with Crippen LogP contribution in [0, 0.1) is 0 Å². The number of hydrogen-bond donors (Lipinski definition) is 1. The van der Waals surface area contributed by atoms with Crippen molar-refractivity contribution in [2.75, 3.05) is 32.9 Å². The predicted octanol–water partition coefficient (Wildman–Crippen LogP) is 2.63. The van der Waals surface area contributed by atoms with Crippen molar-refractivity contribution in [3.05, 3.63) is 29.8 Å². The van der Waals surface area contributed by atoms with Crippen LogP contribution in [0.1, 0.15) is 18.4 Å². The van der Waals surface area contributed by atoms with Crippen LogP contribution in [0.5, 0.6) is 0 Å². The number of thioether (sulfide) groups is 1. The largest absolute Gasteiger partial charge is 0.317 e. The van der Waals surface area contributed by atoms with E-state index in [0.29, 0.717) is 0 Å². The summed E-state index contributed by atoms with van der Waals surface area (Å²) in [5, 5.41) is 3.43. The van der Waals surface area contributed by atoms with Gasteiger partial charge in [-0.05, 0) is 63.4 Å². The van der Waals surface area contributed by atoms with E-state index in [1.807, 2.05) is 11.8 Å². The topological polar surface area (TPSA) is 15.3 Å². The maximum Gasteiger partial charge on any atom is 0.0116 e. The molecule has 1 aliphatic rings. The first-order chi connectivity index (χ1) is 8.79. The molecule has 18 heavy (non-hydrogen) atoms. The summed E-state index contributed by atoms with van der Waals surface area (Å²) in [7, 11) is 2.27.